The molecule has 1 heterocycles. The zero-order valence-corrected chi connectivity index (χ0v) is 7.50. The summed E-state index contributed by atoms with van der Waals surface area (Å²) in [6.07, 6.45) is 3.72. The Morgan fingerprint density at radius 1 is 1.15 bits per heavy atom. The Labute approximate surface area is 80.4 Å². The monoisotopic (exact) mass is 195 g/mol. The molecule has 0 radical (unpaired) electrons. The molecule has 1 aromatic heterocycles. The van der Waals surface area contributed by atoms with E-state index in [2.05, 4.69) is 0 Å². The van der Waals surface area contributed by atoms with E-state index in [9.17, 15) is 4.39 Å². The molecule has 2 aromatic rings. The molecular formula is C10H7ClFN. The lowest BCUT2D eigenvalue weighted by Crippen LogP contribution is -1.90. The molecule has 0 saturated heterocycles. The number of hydrogen-bond donors (Lipinski definition) is 0. The Morgan fingerprint density at radius 2 is 1.85 bits per heavy atom. The Morgan fingerprint density at radius 3 is 2.46 bits per heavy atom. The quantitative estimate of drug-likeness (QED) is 0.658. The highest BCUT2D eigenvalue weighted by Gasteiger charge is 2.01. The Bertz CT molecular complexity index is 409. The van der Waals surface area contributed by atoms with Crippen molar-refractivity contribution in [3.63, 3.8) is 0 Å². The van der Waals surface area contributed by atoms with Crippen LogP contribution in [0.3, 0.4) is 0 Å². The fourth-order valence-corrected chi connectivity index (χ4v) is 1.45. The fourth-order valence-electron chi connectivity index (χ4n) is 1.19. The average molecular weight is 196 g/mol. The summed E-state index contributed by atoms with van der Waals surface area (Å²) in [7, 11) is 0. The Hall–Kier alpha value is -1.28. The fraction of sp³-hybridized carbons (Fsp3) is 0. The van der Waals surface area contributed by atoms with E-state index in [1.165, 1.54) is 12.1 Å². The lowest BCUT2D eigenvalue weighted by molar-refractivity contribution is 0.627. The summed E-state index contributed by atoms with van der Waals surface area (Å²) in [5.74, 6) is -0.319. The molecule has 0 aliphatic rings. The van der Waals surface area contributed by atoms with Crippen molar-refractivity contribution in [2.45, 2.75) is 0 Å². The van der Waals surface area contributed by atoms with Gasteiger partial charge in [-0.25, -0.2) is 4.39 Å². The van der Waals surface area contributed by atoms with Crippen LogP contribution in [0.15, 0.2) is 42.7 Å². The predicted molar refractivity (Wildman–Crippen MR) is 50.7 cm³/mol. The molecule has 2 rings (SSSR count). The van der Waals surface area contributed by atoms with Gasteiger partial charge in [-0.1, -0.05) is 11.6 Å². The number of benzene rings is 1. The maximum Gasteiger partial charge on any atom is 0.124 e. The van der Waals surface area contributed by atoms with Crippen LogP contribution in [0.1, 0.15) is 0 Å². The molecule has 0 unspecified atom stereocenters. The third kappa shape index (κ3) is 1.58. The van der Waals surface area contributed by atoms with Crippen molar-refractivity contribution >= 4 is 11.6 Å². The van der Waals surface area contributed by atoms with Gasteiger partial charge in [-0.05, 0) is 30.3 Å². The summed E-state index contributed by atoms with van der Waals surface area (Å²) in [5, 5.41) is 0.413. The van der Waals surface area contributed by atoms with E-state index in [-0.39, 0.29) is 5.82 Å². The molecule has 0 spiro atoms. The Kier molecular flexibility index (Phi) is 2.07. The van der Waals surface area contributed by atoms with Gasteiger partial charge in [0.1, 0.15) is 5.82 Å². The van der Waals surface area contributed by atoms with Crippen LogP contribution in [-0.4, -0.2) is 4.57 Å². The van der Waals surface area contributed by atoms with E-state index in [1.54, 1.807) is 6.07 Å². The summed E-state index contributed by atoms with van der Waals surface area (Å²) in [6.45, 7) is 0. The van der Waals surface area contributed by atoms with Crippen LogP contribution >= 0.6 is 11.6 Å². The normalized spacial score (nSPS) is 10.3. The summed E-state index contributed by atoms with van der Waals surface area (Å²) >= 11 is 5.86. The Balaban J connectivity index is 2.53. The summed E-state index contributed by atoms with van der Waals surface area (Å²) in [6, 6.07) is 8.12. The molecule has 3 heteroatoms. The zero-order chi connectivity index (χ0) is 9.26. The van der Waals surface area contributed by atoms with Gasteiger partial charge in [0, 0.05) is 12.4 Å². The molecule has 1 nitrogen and oxygen atoms in total. The number of rotatable bonds is 1. The second kappa shape index (κ2) is 3.23. The lowest BCUT2D eigenvalue weighted by Gasteiger charge is -2.04. The number of aromatic nitrogens is 1. The maximum atomic E-state index is 12.7. The lowest BCUT2D eigenvalue weighted by atomic mass is 10.3. The van der Waals surface area contributed by atoms with Crippen LogP contribution < -0.4 is 0 Å². The second-order valence-corrected chi connectivity index (χ2v) is 3.09. The third-order valence-corrected chi connectivity index (χ3v) is 2.10. The summed E-state index contributed by atoms with van der Waals surface area (Å²) in [5.41, 5.74) is 0.785. The summed E-state index contributed by atoms with van der Waals surface area (Å²) < 4.78 is 14.5. The molecule has 1 aromatic carbocycles. The van der Waals surface area contributed by atoms with Crippen molar-refractivity contribution in [1.29, 1.82) is 0 Å². The third-order valence-electron chi connectivity index (χ3n) is 1.79. The standard InChI is InChI=1S/C10H7ClFN/c11-9-7-8(12)3-4-10(9)13-5-1-2-6-13/h1-7H. The first kappa shape index (κ1) is 8.32. The van der Waals surface area contributed by atoms with Crippen molar-refractivity contribution in [1.82, 2.24) is 4.57 Å². The van der Waals surface area contributed by atoms with E-state index in [4.69, 9.17) is 11.6 Å². The van der Waals surface area contributed by atoms with E-state index in [1.807, 2.05) is 29.1 Å². The van der Waals surface area contributed by atoms with Gasteiger partial charge in [0.2, 0.25) is 0 Å². The van der Waals surface area contributed by atoms with E-state index >= 15 is 0 Å². The number of halogens is 2. The van der Waals surface area contributed by atoms with E-state index in [0.717, 1.165) is 5.69 Å². The van der Waals surface area contributed by atoms with Crippen molar-refractivity contribution in [3.05, 3.63) is 53.6 Å². The maximum absolute atomic E-state index is 12.7. The van der Waals surface area contributed by atoms with Gasteiger partial charge in [0.05, 0.1) is 10.7 Å². The van der Waals surface area contributed by atoms with Crippen molar-refractivity contribution in [3.8, 4) is 5.69 Å². The van der Waals surface area contributed by atoms with Gasteiger partial charge in [-0.15, -0.1) is 0 Å². The van der Waals surface area contributed by atoms with Crippen molar-refractivity contribution in [2.75, 3.05) is 0 Å². The minimum absolute atomic E-state index is 0.319. The molecule has 0 aliphatic heterocycles. The summed E-state index contributed by atoms with van der Waals surface area (Å²) in [4.78, 5) is 0. The topological polar surface area (TPSA) is 4.93 Å². The molecule has 0 fully saturated rings. The molecule has 0 saturated carbocycles. The van der Waals surface area contributed by atoms with E-state index < -0.39 is 0 Å². The van der Waals surface area contributed by atoms with Crippen LogP contribution in [0.5, 0.6) is 0 Å². The van der Waals surface area contributed by atoms with E-state index in [0.29, 0.717) is 5.02 Å². The van der Waals surface area contributed by atoms with Gasteiger partial charge in [0.25, 0.3) is 0 Å². The van der Waals surface area contributed by atoms with Crippen LogP contribution in [0.2, 0.25) is 5.02 Å². The van der Waals surface area contributed by atoms with Crippen LogP contribution in [0.4, 0.5) is 4.39 Å². The molecule has 0 atom stereocenters. The molecule has 0 amide bonds. The molecule has 13 heavy (non-hydrogen) atoms. The van der Waals surface area contributed by atoms with Gasteiger partial charge in [-0.3, -0.25) is 0 Å². The molecule has 0 N–H and O–H groups in total. The average Bonchev–Trinajstić information content (AvgIpc) is 2.56. The second-order valence-electron chi connectivity index (χ2n) is 2.69. The highest BCUT2D eigenvalue weighted by molar-refractivity contribution is 6.32. The first-order valence-electron chi connectivity index (χ1n) is 3.86. The zero-order valence-electron chi connectivity index (χ0n) is 6.74. The first-order chi connectivity index (χ1) is 6.27. The minimum Gasteiger partial charge on any atom is -0.322 e. The van der Waals surface area contributed by atoms with Crippen LogP contribution in [0.25, 0.3) is 5.69 Å². The van der Waals surface area contributed by atoms with Gasteiger partial charge >= 0.3 is 0 Å². The highest BCUT2D eigenvalue weighted by Crippen LogP contribution is 2.21. The SMILES string of the molecule is Fc1ccc(-n2cccc2)c(Cl)c1. The number of hydrogen-bond acceptors (Lipinski definition) is 0. The highest BCUT2D eigenvalue weighted by atomic mass is 35.5. The minimum atomic E-state index is -0.319. The van der Waals surface area contributed by atoms with Gasteiger partial charge in [0.15, 0.2) is 0 Å². The largest absolute Gasteiger partial charge is 0.322 e. The molecule has 0 bridgehead atoms. The predicted octanol–water partition coefficient (Wildman–Crippen LogP) is 3.27. The first-order valence-corrected chi connectivity index (χ1v) is 4.23. The van der Waals surface area contributed by atoms with Crippen LogP contribution in [0, 0.1) is 5.82 Å². The molecule has 66 valence electrons. The number of nitrogens with zero attached hydrogens (tertiary/aromatic N) is 1. The van der Waals surface area contributed by atoms with Crippen molar-refractivity contribution < 1.29 is 4.39 Å². The molecular weight excluding hydrogens is 189 g/mol. The van der Waals surface area contributed by atoms with Gasteiger partial charge < -0.3 is 4.57 Å². The van der Waals surface area contributed by atoms with Gasteiger partial charge in [-0.2, -0.15) is 0 Å². The smallest absolute Gasteiger partial charge is 0.124 e. The van der Waals surface area contributed by atoms with Crippen LogP contribution in [-0.2, 0) is 0 Å². The molecule has 0 aliphatic carbocycles. The van der Waals surface area contributed by atoms with Crippen molar-refractivity contribution in [2.24, 2.45) is 0 Å².